The predicted octanol–water partition coefficient (Wildman–Crippen LogP) is 2.36. The number of aromatic hydroxyl groups is 1. The molecule has 1 N–H and O–H groups in total. The normalized spacial score (nSPS) is 16.4. The number of piperidine rings is 1. The molecule has 0 aliphatic carbocycles. The standard InChI is InChI=1S/C17H20N6O2/c1-2-22-8-6-13(7-9-22)23-11-15(18-21-23)17-20-19-16(25-17)12-4-3-5-14(24)10-12/h3-5,10-11,13,24H,2,6-9H2,1H3. The molecule has 0 saturated carbocycles. The molecular formula is C17H20N6O2. The van der Waals surface area contributed by atoms with Crippen molar-refractivity contribution in [3.8, 4) is 28.8 Å². The molecule has 0 bridgehead atoms. The number of benzene rings is 1. The molecule has 3 heterocycles. The predicted molar refractivity (Wildman–Crippen MR) is 90.8 cm³/mol. The van der Waals surface area contributed by atoms with E-state index in [4.69, 9.17) is 4.42 Å². The van der Waals surface area contributed by atoms with Crippen molar-refractivity contribution in [2.45, 2.75) is 25.8 Å². The lowest BCUT2D eigenvalue weighted by atomic mass is 10.1. The van der Waals surface area contributed by atoms with Crippen molar-refractivity contribution in [2.24, 2.45) is 0 Å². The lowest BCUT2D eigenvalue weighted by Crippen LogP contribution is -2.34. The number of likely N-dealkylation sites (tertiary alicyclic amines) is 1. The van der Waals surface area contributed by atoms with Gasteiger partial charge in [-0.3, -0.25) is 0 Å². The molecule has 1 aliphatic heterocycles. The zero-order valence-electron chi connectivity index (χ0n) is 14.0. The summed E-state index contributed by atoms with van der Waals surface area (Å²) in [5, 5.41) is 26.1. The van der Waals surface area contributed by atoms with Gasteiger partial charge in [0.2, 0.25) is 5.89 Å². The van der Waals surface area contributed by atoms with Crippen molar-refractivity contribution in [1.82, 2.24) is 30.1 Å². The summed E-state index contributed by atoms with van der Waals surface area (Å²) in [4.78, 5) is 2.44. The molecular weight excluding hydrogens is 320 g/mol. The smallest absolute Gasteiger partial charge is 0.270 e. The van der Waals surface area contributed by atoms with Gasteiger partial charge in [0.25, 0.3) is 5.89 Å². The van der Waals surface area contributed by atoms with E-state index < -0.39 is 0 Å². The fourth-order valence-electron chi connectivity index (χ4n) is 3.14. The molecule has 4 rings (SSSR count). The van der Waals surface area contributed by atoms with E-state index in [1.54, 1.807) is 24.3 Å². The maximum Gasteiger partial charge on any atom is 0.270 e. The largest absolute Gasteiger partial charge is 0.508 e. The highest BCUT2D eigenvalue weighted by atomic mass is 16.4. The van der Waals surface area contributed by atoms with Crippen LogP contribution in [-0.2, 0) is 0 Å². The minimum atomic E-state index is 0.154. The molecule has 1 aliphatic rings. The molecule has 0 unspecified atom stereocenters. The van der Waals surface area contributed by atoms with Gasteiger partial charge < -0.3 is 14.4 Å². The number of hydrogen-bond acceptors (Lipinski definition) is 7. The summed E-state index contributed by atoms with van der Waals surface area (Å²) < 4.78 is 7.59. The molecule has 0 radical (unpaired) electrons. The Morgan fingerprint density at radius 1 is 1.16 bits per heavy atom. The van der Waals surface area contributed by atoms with E-state index in [2.05, 4.69) is 32.3 Å². The highest BCUT2D eigenvalue weighted by Crippen LogP contribution is 2.26. The Morgan fingerprint density at radius 3 is 2.72 bits per heavy atom. The van der Waals surface area contributed by atoms with Crippen LogP contribution < -0.4 is 0 Å². The summed E-state index contributed by atoms with van der Waals surface area (Å²) >= 11 is 0. The topological polar surface area (TPSA) is 93.1 Å². The molecule has 2 aromatic heterocycles. The Kier molecular flexibility index (Phi) is 4.19. The van der Waals surface area contributed by atoms with Gasteiger partial charge in [-0.2, -0.15) is 0 Å². The molecule has 25 heavy (non-hydrogen) atoms. The van der Waals surface area contributed by atoms with Crippen molar-refractivity contribution in [3.63, 3.8) is 0 Å². The highest BCUT2D eigenvalue weighted by Gasteiger charge is 2.22. The molecule has 3 aromatic rings. The fourth-order valence-corrected chi connectivity index (χ4v) is 3.14. The summed E-state index contributed by atoms with van der Waals surface area (Å²) in [6.45, 7) is 5.44. The molecule has 0 atom stereocenters. The summed E-state index contributed by atoms with van der Waals surface area (Å²) in [5.74, 6) is 0.828. The van der Waals surface area contributed by atoms with Crippen molar-refractivity contribution in [2.75, 3.05) is 19.6 Å². The van der Waals surface area contributed by atoms with Crippen molar-refractivity contribution < 1.29 is 9.52 Å². The first-order valence-electron chi connectivity index (χ1n) is 8.50. The van der Waals surface area contributed by atoms with Gasteiger partial charge in [0.1, 0.15) is 5.75 Å². The number of nitrogens with zero attached hydrogens (tertiary/aromatic N) is 6. The van der Waals surface area contributed by atoms with Crippen LogP contribution in [0.15, 0.2) is 34.9 Å². The summed E-state index contributed by atoms with van der Waals surface area (Å²) in [6.07, 6.45) is 4.00. The van der Waals surface area contributed by atoms with E-state index in [1.165, 1.54) is 0 Å². The van der Waals surface area contributed by atoms with Gasteiger partial charge in [-0.25, -0.2) is 4.68 Å². The van der Waals surface area contributed by atoms with E-state index in [0.717, 1.165) is 32.5 Å². The Labute approximate surface area is 145 Å². The van der Waals surface area contributed by atoms with E-state index in [1.807, 2.05) is 10.9 Å². The van der Waals surface area contributed by atoms with Crippen LogP contribution in [0.5, 0.6) is 5.75 Å². The third-order valence-corrected chi connectivity index (χ3v) is 4.63. The van der Waals surface area contributed by atoms with Gasteiger partial charge in [-0.15, -0.1) is 15.3 Å². The first kappa shape index (κ1) is 15.8. The number of hydrogen-bond donors (Lipinski definition) is 1. The Hall–Kier alpha value is -2.74. The first-order valence-corrected chi connectivity index (χ1v) is 8.50. The van der Waals surface area contributed by atoms with E-state index in [-0.39, 0.29) is 5.75 Å². The second kappa shape index (κ2) is 6.64. The van der Waals surface area contributed by atoms with E-state index >= 15 is 0 Å². The number of phenolic OH excluding ortho intramolecular Hbond substituents is 1. The second-order valence-corrected chi connectivity index (χ2v) is 6.21. The maximum absolute atomic E-state index is 9.56. The Balaban J connectivity index is 1.51. The molecule has 1 saturated heterocycles. The van der Waals surface area contributed by atoms with Gasteiger partial charge in [-0.1, -0.05) is 18.2 Å². The lowest BCUT2D eigenvalue weighted by Gasteiger charge is -2.30. The lowest BCUT2D eigenvalue weighted by molar-refractivity contribution is 0.186. The summed E-state index contributed by atoms with van der Waals surface area (Å²) in [6, 6.07) is 7.06. The summed E-state index contributed by atoms with van der Waals surface area (Å²) in [7, 11) is 0. The zero-order valence-corrected chi connectivity index (χ0v) is 14.0. The number of aromatic nitrogens is 5. The molecule has 130 valence electrons. The highest BCUT2D eigenvalue weighted by molar-refractivity contribution is 5.57. The molecule has 0 amide bonds. The van der Waals surface area contributed by atoms with Crippen molar-refractivity contribution in [3.05, 3.63) is 30.5 Å². The number of phenols is 1. The molecule has 8 heteroatoms. The van der Waals surface area contributed by atoms with Crippen molar-refractivity contribution in [1.29, 1.82) is 0 Å². The Morgan fingerprint density at radius 2 is 1.96 bits per heavy atom. The minimum Gasteiger partial charge on any atom is -0.508 e. The van der Waals surface area contributed by atoms with Gasteiger partial charge in [0.05, 0.1) is 12.2 Å². The van der Waals surface area contributed by atoms with Gasteiger partial charge in [-0.05, 0) is 37.6 Å². The zero-order chi connectivity index (χ0) is 17.2. The van der Waals surface area contributed by atoms with Gasteiger partial charge in [0.15, 0.2) is 5.69 Å². The van der Waals surface area contributed by atoms with Crippen LogP contribution >= 0.6 is 0 Å². The quantitative estimate of drug-likeness (QED) is 0.779. The SMILES string of the molecule is CCN1CCC(n2cc(-c3nnc(-c4cccc(O)c4)o3)nn2)CC1. The first-order chi connectivity index (χ1) is 12.2. The minimum absolute atomic E-state index is 0.154. The van der Waals surface area contributed by atoms with Crippen LogP contribution in [0.4, 0.5) is 0 Å². The van der Waals surface area contributed by atoms with E-state index in [9.17, 15) is 5.11 Å². The van der Waals surface area contributed by atoms with Crippen LogP contribution in [-0.4, -0.2) is 54.8 Å². The van der Waals surface area contributed by atoms with Crippen LogP contribution in [0.2, 0.25) is 0 Å². The van der Waals surface area contributed by atoms with E-state index in [0.29, 0.717) is 29.1 Å². The number of rotatable bonds is 4. The Bertz CT molecular complexity index is 850. The fraction of sp³-hybridized carbons (Fsp3) is 0.412. The molecule has 0 spiro atoms. The summed E-state index contributed by atoms with van der Waals surface area (Å²) in [5.41, 5.74) is 1.23. The third-order valence-electron chi connectivity index (χ3n) is 4.63. The maximum atomic E-state index is 9.56. The monoisotopic (exact) mass is 340 g/mol. The van der Waals surface area contributed by atoms with Crippen LogP contribution in [0.3, 0.4) is 0 Å². The van der Waals surface area contributed by atoms with Gasteiger partial charge in [0, 0.05) is 18.7 Å². The van der Waals surface area contributed by atoms with Crippen LogP contribution in [0, 0.1) is 0 Å². The third kappa shape index (κ3) is 3.25. The van der Waals surface area contributed by atoms with Crippen molar-refractivity contribution >= 4 is 0 Å². The second-order valence-electron chi connectivity index (χ2n) is 6.21. The van der Waals surface area contributed by atoms with Crippen LogP contribution in [0.1, 0.15) is 25.8 Å². The molecule has 1 aromatic carbocycles. The molecule has 8 nitrogen and oxygen atoms in total. The van der Waals surface area contributed by atoms with Gasteiger partial charge >= 0.3 is 0 Å². The average molecular weight is 340 g/mol. The molecule has 1 fully saturated rings. The average Bonchev–Trinajstić information content (AvgIpc) is 3.31. The van der Waals surface area contributed by atoms with Crippen LogP contribution in [0.25, 0.3) is 23.0 Å².